The van der Waals surface area contributed by atoms with Gasteiger partial charge in [0, 0.05) is 5.92 Å². The molecule has 0 spiro atoms. The van der Waals surface area contributed by atoms with Gasteiger partial charge in [-0.15, -0.1) is 0 Å². The maximum atomic E-state index is 12.6. The zero-order valence-corrected chi connectivity index (χ0v) is 22.1. The molecule has 1 aliphatic rings. The lowest BCUT2D eigenvalue weighted by Gasteiger charge is -2.36. The molecule has 0 aliphatic carbocycles. The van der Waals surface area contributed by atoms with Crippen LogP contribution in [0.1, 0.15) is 44.7 Å². The second-order valence-electron chi connectivity index (χ2n) is 10.5. The van der Waals surface area contributed by atoms with Crippen molar-refractivity contribution in [2.24, 2.45) is 5.92 Å². The van der Waals surface area contributed by atoms with E-state index < -0.39 is 8.32 Å². The van der Waals surface area contributed by atoms with Crippen molar-refractivity contribution in [2.75, 3.05) is 13.9 Å². The van der Waals surface area contributed by atoms with Crippen LogP contribution in [0.4, 0.5) is 0 Å². The molecule has 34 heavy (non-hydrogen) atoms. The summed E-state index contributed by atoms with van der Waals surface area (Å²) in [5, 5.41) is 2.32. The molecule has 0 saturated carbocycles. The summed E-state index contributed by atoms with van der Waals surface area (Å²) in [6, 6.07) is 18.5. The topological polar surface area (TPSA) is 54.0 Å². The first kappa shape index (κ1) is 24.1. The van der Waals surface area contributed by atoms with E-state index in [1.807, 2.05) is 25.1 Å². The third kappa shape index (κ3) is 4.64. The minimum Gasteiger partial charge on any atom is -0.543 e. The van der Waals surface area contributed by atoms with E-state index in [-0.39, 0.29) is 29.6 Å². The lowest BCUT2D eigenvalue weighted by atomic mass is 9.81. The van der Waals surface area contributed by atoms with Crippen molar-refractivity contribution in [1.29, 1.82) is 0 Å². The second-order valence-corrected chi connectivity index (χ2v) is 15.3. The van der Waals surface area contributed by atoms with Crippen LogP contribution in [0.2, 0.25) is 18.1 Å². The molecule has 6 heteroatoms. The number of carbonyl (C=O) groups excluding carboxylic acids is 1. The van der Waals surface area contributed by atoms with Gasteiger partial charge in [-0.05, 0) is 64.3 Å². The highest BCUT2D eigenvalue weighted by molar-refractivity contribution is 6.74. The smallest absolute Gasteiger partial charge is 0.309 e. The van der Waals surface area contributed by atoms with Gasteiger partial charge in [-0.2, -0.15) is 0 Å². The predicted octanol–water partition coefficient (Wildman–Crippen LogP) is 6.89. The Bertz CT molecular complexity index is 1210. The molecule has 3 aromatic rings. The number of hydrogen-bond acceptors (Lipinski definition) is 5. The van der Waals surface area contributed by atoms with Crippen LogP contribution < -0.4 is 13.9 Å². The van der Waals surface area contributed by atoms with Gasteiger partial charge in [0.1, 0.15) is 5.75 Å². The normalized spacial score (nSPS) is 15.1. The molecule has 0 aromatic heterocycles. The molecule has 180 valence electrons. The van der Waals surface area contributed by atoms with Gasteiger partial charge in [0.15, 0.2) is 11.5 Å². The van der Waals surface area contributed by atoms with Gasteiger partial charge in [-0.25, -0.2) is 0 Å². The standard InChI is InChI=1S/C28H34O5Si/c1-18(27(29)30-5)26(21-11-13-24-25(16-21)32-17-31-24)20-9-8-19-10-12-23(15-22(19)14-20)33-34(6,7)28(2,3)4/h8-16,18,26H,17H2,1-7H3. The van der Waals surface area contributed by atoms with E-state index in [1.54, 1.807) is 0 Å². The van der Waals surface area contributed by atoms with E-state index in [4.69, 9.17) is 18.6 Å². The van der Waals surface area contributed by atoms with Gasteiger partial charge in [0.2, 0.25) is 15.1 Å². The first-order valence-corrected chi connectivity index (χ1v) is 14.6. The molecule has 2 atom stereocenters. The monoisotopic (exact) mass is 478 g/mol. The Labute approximate surface area is 203 Å². The molecular formula is C28H34O5Si. The summed E-state index contributed by atoms with van der Waals surface area (Å²) in [4.78, 5) is 12.6. The average Bonchev–Trinajstić information content (AvgIpc) is 3.25. The molecule has 4 rings (SSSR count). The largest absolute Gasteiger partial charge is 0.543 e. The highest BCUT2D eigenvalue weighted by atomic mass is 28.4. The Kier molecular flexibility index (Phi) is 6.38. The van der Waals surface area contributed by atoms with Crippen molar-refractivity contribution in [3.8, 4) is 17.2 Å². The molecule has 1 aliphatic heterocycles. The van der Waals surface area contributed by atoms with Crippen LogP contribution in [0.3, 0.4) is 0 Å². The fourth-order valence-electron chi connectivity index (χ4n) is 4.15. The molecule has 2 unspecified atom stereocenters. The number of benzene rings is 3. The Morgan fingerprint density at radius 3 is 2.26 bits per heavy atom. The van der Waals surface area contributed by atoms with Crippen molar-refractivity contribution in [3.63, 3.8) is 0 Å². The first-order valence-electron chi connectivity index (χ1n) is 11.7. The van der Waals surface area contributed by atoms with Crippen LogP contribution in [-0.4, -0.2) is 28.2 Å². The molecule has 0 amide bonds. The van der Waals surface area contributed by atoms with Crippen LogP contribution in [0.25, 0.3) is 10.8 Å². The Balaban J connectivity index is 1.76. The summed E-state index contributed by atoms with van der Waals surface area (Å²) < 4.78 is 22.7. The van der Waals surface area contributed by atoms with Crippen LogP contribution in [-0.2, 0) is 9.53 Å². The zero-order valence-electron chi connectivity index (χ0n) is 21.1. The molecule has 0 radical (unpaired) electrons. The van der Waals surface area contributed by atoms with E-state index >= 15 is 0 Å². The van der Waals surface area contributed by atoms with Gasteiger partial charge >= 0.3 is 5.97 Å². The van der Waals surface area contributed by atoms with Crippen LogP contribution in [0.15, 0.2) is 54.6 Å². The van der Waals surface area contributed by atoms with E-state index in [0.29, 0.717) is 5.75 Å². The Morgan fingerprint density at radius 1 is 0.912 bits per heavy atom. The number of ether oxygens (including phenoxy) is 3. The van der Waals surface area contributed by atoms with Gasteiger partial charge in [-0.3, -0.25) is 4.79 Å². The fourth-order valence-corrected chi connectivity index (χ4v) is 5.17. The third-order valence-electron chi connectivity index (χ3n) is 7.20. The second kappa shape index (κ2) is 8.99. The predicted molar refractivity (Wildman–Crippen MR) is 137 cm³/mol. The molecule has 0 N–H and O–H groups in total. The van der Waals surface area contributed by atoms with Crippen molar-refractivity contribution in [3.05, 3.63) is 65.7 Å². The Morgan fingerprint density at radius 2 is 1.56 bits per heavy atom. The molecular weight excluding hydrogens is 444 g/mol. The summed E-state index contributed by atoms with van der Waals surface area (Å²) >= 11 is 0. The number of hydrogen-bond donors (Lipinski definition) is 0. The summed E-state index contributed by atoms with van der Waals surface area (Å²) in [6.07, 6.45) is 0. The van der Waals surface area contributed by atoms with Crippen LogP contribution >= 0.6 is 0 Å². The maximum absolute atomic E-state index is 12.6. The minimum absolute atomic E-state index is 0.115. The van der Waals surface area contributed by atoms with E-state index in [2.05, 4.69) is 70.3 Å². The number of carbonyl (C=O) groups is 1. The summed E-state index contributed by atoms with van der Waals surface area (Å²) in [7, 11) is -0.525. The maximum Gasteiger partial charge on any atom is 0.309 e. The number of rotatable bonds is 6. The lowest BCUT2D eigenvalue weighted by Crippen LogP contribution is -2.43. The molecule has 0 saturated heterocycles. The zero-order chi connectivity index (χ0) is 24.7. The summed E-state index contributed by atoms with van der Waals surface area (Å²) in [5.74, 6) is 1.48. The number of methoxy groups -OCH3 is 1. The van der Waals surface area contributed by atoms with Crippen molar-refractivity contribution in [1.82, 2.24) is 0 Å². The number of esters is 1. The quantitative estimate of drug-likeness (QED) is 0.285. The van der Waals surface area contributed by atoms with Crippen molar-refractivity contribution >= 4 is 25.1 Å². The lowest BCUT2D eigenvalue weighted by molar-refractivity contribution is -0.145. The minimum atomic E-state index is -1.96. The van der Waals surface area contributed by atoms with E-state index in [1.165, 1.54) is 7.11 Å². The number of fused-ring (bicyclic) bond motifs is 2. The molecule has 0 fully saturated rings. The van der Waals surface area contributed by atoms with Crippen molar-refractivity contribution in [2.45, 2.75) is 51.7 Å². The van der Waals surface area contributed by atoms with Crippen LogP contribution in [0.5, 0.6) is 17.2 Å². The highest BCUT2D eigenvalue weighted by Crippen LogP contribution is 2.41. The molecule has 3 aromatic carbocycles. The van der Waals surface area contributed by atoms with Crippen molar-refractivity contribution < 1.29 is 23.4 Å². The SMILES string of the molecule is COC(=O)C(C)C(c1ccc2c(c1)OCO2)c1ccc2ccc(O[Si](C)(C)C(C)(C)C)cc2c1. The Hall–Kier alpha value is -2.99. The third-order valence-corrected chi connectivity index (χ3v) is 11.6. The highest BCUT2D eigenvalue weighted by Gasteiger charge is 2.39. The van der Waals surface area contributed by atoms with Crippen LogP contribution in [0, 0.1) is 5.92 Å². The van der Waals surface area contributed by atoms with Gasteiger partial charge in [0.05, 0.1) is 13.0 Å². The fraction of sp³-hybridized carbons (Fsp3) is 0.393. The molecule has 5 nitrogen and oxygen atoms in total. The summed E-state index contributed by atoms with van der Waals surface area (Å²) in [5.41, 5.74) is 2.02. The van der Waals surface area contributed by atoms with Gasteiger partial charge < -0.3 is 18.6 Å². The van der Waals surface area contributed by atoms with Gasteiger partial charge in [0.25, 0.3) is 0 Å². The summed E-state index contributed by atoms with van der Waals surface area (Å²) in [6.45, 7) is 13.3. The van der Waals surface area contributed by atoms with Gasteiger partial charge in [-0.1, -0.05) is 58.0 Å². The van der Waals surface area contributed by atoms with E-state index in [9.17, 15) is 4.79 Å². The molecule has 1 heterocycles. The van der Waals surface area contributed by atoms with E-state index in [0.717, 1.165) is 33.4 Å². The average molecular weight is 479 g/mol. The first-order chi connectivity index (χ1) is 16.0. The molecule has 0 bridgehead atoms.